The molecule has 3 aromatic rings. The summed E-state index contributed by atoms with van der Waals surface area (Å²) in [6, 6.07) is 4.13. The standard InChI is InChI=1S/C18H19N5O2S/c1-25-17(24)14-3-2-8-22-9-12(19-16(14)22)10-26-18-21-20-15(11-4-5-11)23(18)13-6-7-13/h2-3,8-9,11,13H,4-7,10H2,1H3. The van der Waals surface area contributed by atoms with E-state index in [1.165, 1.54) is 32.8 Å². The van der Waals surface area contributed by atoms with Gasteiger partial charge in [0.15, 0.2) is 10.8 Å². The third-order valence-electron chi connectivity index (χ3n) is 4.83. The predicted molar refractivity (Wildman–Crippen MR) is 96.4 cm³/mol. The Hall–Kier alpha value is -2.35. The van der Waals surface area contributed by atoms with Gasteiger partial charge in [-0.25, -0.2) is 9.78 Å². The molecule has 134 valence electrons. The minimum absolute atomic E-state index is 0.372. The number of imidazole rings is 1. The number of aromatic nitrogens is 5. The molecular formula is C18H19N5O2S. The van der Waals surface area contributed by atoms with Gasteiger partial charge < -0.3 is 13.7 Å². The van der Waals surface area contributed by atoms with Gasteiger partial charge in [-0.3, -0.25) is 0 Å². The van der Waals surface area contributed by atoms with E-state index in [-0.39, 0.29) is 5.97 Å². The SMILES string of the molecule is COC(=O)c1cccn2cc(CSc3nnc(C4CC4)n3C3CC3)nc12. The summed E-state index contributed by atoms with van der Waals surface area (Å²) < 4.78 is 9.05. The van der Waals surface area contributed by atoms with Crippen molar-refractivity contribution in [3.05, 3.63) is 41.6 Å². The molecule has 8 heteroatoms. The van der Waals surface area contributed by atoms with E-state index in [0.717, 1.165) is 16.7 Å². The van der Waals surface area contributed by atoms with Gasteiger partial charge in [0.05, 0.1) is 12.8 Å². The Bertz CT molecular complexity index is 987. The molecule has 0 aliphatic heterocycles. The molecule has 0 aromatic carbocycles. The fourth-order valence-electron chi connectivity index (χ4n) is 3.22. The summed E-state index contributed by atoms with van der Waals surface area (Å²) in [4.78, 5) is 16.5. The molecule has 2 saturated carbocycles. The Morgan fingerprint density at radius 1 is 1.31 bits per heavy atom. The van der Waals surface area contributed by atoms with Crippen molar-refractivity contribution in [2.75, 3.05) is 7.11 Å². The highest BCUT2D eigenvalue weighted by molar-refractivity contribution is 7.98. The third-order valence-corrected chi connectivity index (χ3v) is 5.81. The monoisotopic (exact) mass is 369 g/mol. The highest BCUT2D eigenvalue weighted by atomic mass is 32.2. The van der Waals surface area contributed by atoms with Gasteiger partial charge in [0.1, 0.15) is 11.4 Å². The lowest BCUT2D eigenvalue weighted by atomic mass is 10.3. The van der Waals surface area contributed by atoms with Gasteiger partial charge in [0.25, 0.3) is 0 Å². The number of thioether (sulfide) groups is 1. The van der Waals surface area contributed by atoms with Crippen LogP contribution in [0.3, 0.4) is 0 Å². The van der Waals surface area contributed by atoms with Crippen LogP contribution < -0.4 is 0 Å². The van der Waals surface area contributed by atoms with Gasteiger partial charge in [0.2, 0.25) is 0 Å². The summed E-state index contributed by atoms with van der Waals surface area (Å²) in [5.41, 5.74) is 2.00. The lowest BCUT2D eigenvalue weighted by Gasteiger charge is -2.07. The molecule has 0 unspecified atom stereocenters. The first-order valence-corrected chi connectivity index (χ1v) is 9.85. The predicted octanol–water partition coefficient (Wildman–Crippen LogP) is 3.22. The van der Waals surface area contributed by atoms with Crippen LogP contribution in [0, 0.1) is 0 Å². The minimum Gasteiger partial charge on any atom is -0.465 e. The highest BCUT2D eigenvalue weighted by Gasteiger charge is 2.36. The number of carbonyl (C=O) groups is 1. The van der Waals surface area contributed by atoms with E-state index < -0.39 is 0 Å². The van der Waals surface area contributed by atoms with Crippen LogP contribution in [0.4, 0.5) is 0 Å². The van der Waals surface area contributed by atoms with E-state index >= 15 is 0 Å². The van der Waals surface area contributed by atoms with Crippen LogP contribution in [0.15, 0.2) is 29.7 Å². The third kappa shape index (κ3) is 2.78. The second kappa shape index (κ2) is 6.12. The molecule has 3 heterocycles. The number of esters is 1. The lowest BCUT2D eigenvalue weighted by molar-refractivity contribution is 0.0602. The number of nitrogens with zero attached hydrogens (tertiary/aromatic N) is 5. The molecule has 5 rings (SSSR count). The van der Waals surface area contributed by atoms with Crippen molar-refractivity contribution in [2.45, 2.75) is 48.6 Å². The molecule has 26 heavy (non-hydrogen) atoms. The molecule has 0 spiro atoms. The number of methoxy groups -OCH3 is 1. The van der Waals surface area contributed by atoms with E-state index in [1.807, 2.05) is 22.9 Å². The van der Waals surface area contributed by atoms with Crippen LogP contribution in [0.2, 0.25) is 0 Å². The smallest absolute Gasteiger partial charge is 0.341 e. The van der Waals surface area contributed by atoms with Crippen LogP contribution in [0.5, 0.6) is 0 Å². The van der Waals surface area contributed by atoms with Crippen molar-refractivity contribution in [3.63, 3.8) is 0 Å². The second-order valence-corrected chi connectivity index (χ2v) is 7.82. The lowest BCUT2D eigenvalue weighted by Crippen LogP contribution is -2.03. The Kier molecular flexibility index (Phi) is 3.74. The molecule has 2 aliphatic carbocycles. The van der Waals surface area contributed by atoms with Gasteiger partial charge in [-0.1, -0.05) is 11.8 Å². The summed E-state index contributed by atoms with van der Waals surface area (Å²) in [5.74, 6) is 2.09. The maximum absolute atomic E-state index is 11.9. The molecule has 2 aliphatic rings. The van der Waals surface area contributed by atoms with Crippen molar-refractivity contribution >= 4 is 23.4 Å². The molecule has 0 N–H and O–H groups in total. The van der Waals surface area contributed by atoms with Crippen LogP contribution >= 0.6 is 11.8 Å². The quantitative estimate of drug-likeness (QED) is 0.491. The highest BCUT2D eigenvalue weighted by Crippen LogP contribution is 2.46. The molecule has 0 bridgehead atoms. The normalized spacial score (nSPS) is 17.0. The van der Waals surface area contributed by atoms with E-state index in [0.29, 0.717) is 28.9 Å². The average molecular weight is 369 g/mol. The molecule has 0 radical (unpaired) electrons. The number of carbonyl (C=O) groups excluding carboxylic acids is 1. The van der Waals surface area contributed by atoms with Crippen molar-refractivity contribution in [1.29, 1.82) is 0 Å². The Morgan fingerprint density at radius 3 is 2.88 bits per heavy atom. The number of hydrogen-bond donors (Lipinski definition) is 0. The zero-order chi connectivity index (χ0) is 17.7. The number of pyridine rings is 1. The molecule has 2 fully saturated rings. The van der Waals surface area contributed by atoms with E-state index in [2.05, 4.69) is 19.7 Å². The summed E-state index contributed by atoms with van der Waals surface area (Å²) in [6.07, 6.45) is 8.76. The van der Waals surface area contributed by atoms with E-state index in [1.54, 1.807) is 17.8 Å². The van der Waals surface area contributed by atoms with E-state index in [4.69, 9.17) is 4.74 Å². The maximum Gasteiger partial charge on any atom is 0.341 e. The number of ether oxygens (including phenoxy) is 1. The van der Waals surface area contributed by atoms with Crippen molar-refractivity contribution in [1.82, 2.24) is 24.1 Å². The largest absolute Gasteiger partial charge is 0.465 e. The average Bonchev–Trinajstić information content (AvgIpc) is 3.59. The Morgan fingerprint density at radius 2 is 2.15 bits per heavy atom. The van der Waals surface area contributed by atoms with Gasteiger partial charge in [0, 0.05) is 30.1 Å². The molecule has 3 aromatic heterocycles. The summed E-state index contributed by atoms with van der Waals surface area (Å²) in [5, 5.41) is 9.87. The van der Waals surface area contributed by atoms with Crippen molar-refractivity contribution in [2.24, 2.45) is 0 Å². The number of fused-ring (bicyclic) bond motifs is 1. The van der Waals surface area contributed by atoms with Gasteiger partial charge in [-0.05, 0) is 37.8 Å². The summed E-state index contributed by atoms with van der Waals surface area (Å²) in [7, 11) is 1.38. The zero-order valence-corrected chi connectivity index (χ0v) is 15.3. The van der Waals surface area contributed by atoms with Gasteiger partial charge in [-0.15, -0.1) is 10.2 Å². The maximum atomic E-state index is 11.9. The first-order chi connectivity index (χ1) is 12.7. The van der Waals surface area contributed by atoms with Crippen LogP contribution in [-0.2, 0) is 10.5 Å². The van der Waals surface area contributed by atoms with Gasteiger partial charge >= 0.3 is 5.97 Å². The Labute approximate surface area is 154 Å². The van der Waals surface area contributed by atoms with Crippen molar-refractivity contribution in [3.8, 4) is 0 Å². The van der Waals surface area contributed by atoms with Crippen molar-refractivity contribution < 1.29 is 9.53 Å². The molecule has 0 atom stereocenters. The summed E-state index contributed by atoms with van der Waals surface area (Å²) >= 11 is 1.67. The number of hydrogen-bond acceptors (Lipinski definition) is 6. The minimum atomic E-state index is -0.372. The van der Waals surface area contributed by atoms with Crippen LogP contribution in [0.25, 0.3) is 5.65 Å². The van der Waals surface area contributed by atoms with Crippen LogP contribution in [0.1, 0.15) is 59.5 Å². The Balaban J connectivity index is 1.40. The fraction of sp³-hybridized carbons (Fsp3) is 0.444. The fourth-order valence-corrected chi connectivity index (χ4v) is 4.12. The molecule has 0 amide bonds. The second-order valence-electron chi connectivity index (χ2n) is 6.88. The van der Waals surface area contributed by atoms with Gasteiger partial charge in [-0.2, -0.15) is 0 Å². The zero-order valence-electron chi connectivity index (χ0n) is 14.5. The molecule has 7 nitrogen and oxygen atoms in total. The topological polar surface area (TPSA) is 74.3 Å². The first-order valence-electron chi connectivity index (χ1n) is 8.87. The van der Waals surface area contributed by atoms with Crippen LogP contribution in [-0.4, -0.2) is 37.2 Å². The molecule has 0 saturated heterocycles. The first kappa shape index (κ1) is 15.9. The molecular weight excluding hydrogens is 350 g/mol. The van der Waals surface area contributed by atoms with E-state index in [9.17, 15) is 4.79 Å². The summed E-state index contributed by atoms with van der Waals surface area (Å²) in [6.45, 7) is 0. The number of rotatable bonds is 6.